The second-order valence-electron chi connectivity index (χ2n) is 9.53. The third-order valence-electron chi connectivity index (χ3n) is 6.85. The van der Waals surface area contributed by atoms with Crippen molar-refractivity contribution >= 4 is 17.5 Å². The lowest BCUT2D eigenvalue weighted by molar-refractivity contribution is -0.127. The number of imidazole rings is 1. The first-order valence-corrected chi connectivity index (χ1v) is 12.7. The molecule has 5 rings (SSSR count). The van der Waals surface area contributed by atoms with Gasteiger partial charge in [0, 0.05) is 29.8 Å². The van der Waals surface area contributed by atoms with E-state index in [4.69, 9.17) is 16.6 Å². The van der Waals surface area contributed by atoms with Gasteiger partial charge in [-0.1, -0.05) is 62.4 Å². The number of hydrogen-bond donors (Lipinski definition) is 1. The molecule has 2 heterocycles. The Balaban J connectivity index is 1.74. The van der Waals surface area contributed by atoms with E-state index >= 15 is 4.39 Å². The van der Waals surface area contributed by atoms with Gasteiger partial charge in [0.2, 0.25) is 5.91 Å². The average molecular weight is 534 g/mol. The summed E-state index contributed by atoms with van der Waals surface area (Å²) in [6.07, 6.45) is 1.28. The summed E-state index contributed by atoms with van der Waals surface area (Å²) in [6, 6.07) is 14.5. The maximum Gasteiger partial charge on any atom is 0.246 e. The first-order valence-electron chi connectivity index (χ1n) is 12.3. The third kappa shape index (κ3) is 4.37. The van der Waals surface area contributed by atoms with Crippen molar-refractivity contribution < 1.29 is 18.7 Å². The maximum atomic E-state index is 15.7. The largest absolute Gasteiger partial charge is 0.507 e. The van der Waals surface area contributed by atoms with Gasteiger partial charge in [0.05, 0.1) is 28.5 Å². The van der Waals surface area contributed by atoms with Crippen molar-refractivity contribution in [2.75, 3.05) is 6.54 Å². The van der Waals surface area contributed by atoms with Gasteiger partial charge in [-0.3, -0.25) is 4.79 Å². The van der Waals surface area contributed by atoms with Crippen LogP contribution in [0.3, 0.4) is 0 Å². The summed E-state index contributed by atoms with van der Waals surface area (Å²) in [4.78, 5) is 18.9. The molecule has 0 spiro atoms. The van der Waals surface area contributed by atoms with E-state index in [0.29, 0.717) is 35.9 Å². The van der Waals surface area contributed by atoms with Crippen LogP contribution in [0.15, 0.2) is 67.3 Å². The van der Waals surface area contributed by atoms with Gasteiger partial charge in [-0.25, -0.2) is 13.8 Å². The highest BCUT2D eigenvalue weighted by molar-refractivity contribution is 6.33. The molecule has 1 aliphatic rings. The molecule has 0 aliphatic carbocycles. The van der Waals surface area contributed by atoms with Crippen LogP contribution < -0.4 is 0 Å². The normalized spacial score (nSPS) is 13.1. The van der Waals surface area contributed by atoms with E-state index in [0.717, 1.165) is 17.2 Å². The fourth-order valence-electron chi connectivity index (χ4n) is 5.05. The molecule has 0 unspecified atom stereocenters. The van der Waals surface area contributed by atoms with Crippen molar-refractivity contribution in [2.45, 2.75) is 32.9 Å². The lowest BCUT2D eigenvalue weighted by atomic mass is 9.93. The number of nitrogens with zero attached hydrogens (tertiary/aromatic N) is 3. The van der Waals surface area contributed by atoms with Crippen LogP contribution in [0.2, 0.25) is 5.02 Å². The number of halogens is 3. The highest BCUT2D eigenvalue weighted by Crippen LogP contribution is 2.43. The first-order chi connectivity index (χ1) is 18.2. The minimum Gasteiger partial charge on any atom is -0.507 e. The zero-order valence-electron chi connectivity index (χ0n) is 21.0. The molecule has 38 heavy (non-hydrogen) atoms. The number of amides is 1. The molecule has 194 valence electrons. The molecule has 8 heteroatoms. The molecule has 1 aliphatic heterocycles. The van der Waals surface area contributed by atoms with Crippen LogP contribution in [0.25, 0.3) is 33.6 Å². The molecule has 5 nitrogen and oxygen atoms in total. The number of carbonyl (C=O) groups is 1. The second-order valence-corrected chi connectivity index (χ2v) is 9.94. The second kappa shape index (κ2) is 10.1. The molecule has 1 N–H and O–H groups in total. The quantitative estimate of drug-likeness (QED) is 0.277. The van der Waals surface area contributed by atoms with E-state index in [-0.39, 0.29) is 34.5 Å². The third-order valence-corrected chi connectivity index (χ3v) is 7.15. The van der Waals surface area contributed by atoms with Gasteiger partial charge in [0.1, 0.15) is 23.2 Å². The van der Waals surface area contributed by atoms with Crippen LogP contribution >= 0.6 is 11.6 Å². The number of aromatic nitrogens is 2. The number of aromatic hydroxyl groups is 1. The molecule has 0 bridgehead atoms. The van der Waals surface area contributed by atoms with E-state index < -0.39 is 17.4 Å². The van der Waals surface area contributed by atoms with Crippen LogP contribution in [-0.4, -0.2) is 32.0 Å². The molecule has 1 amide bonds. The van der Waals surface area contributed by atoms with Gasteiger partial charge in [-0.2, -0.15) is 0 Å². The van der Waals surface area contributed by atoms with Gasteiger partial charge in [-0.05, 0) is 41.8 Å². The fraction of sp³-hybridized carbons (Fsp3) is 0.200. The number of carbonyl (C=O) groups excluding carboxylic acids is 1. The molecular formula is C30H26ClF2N3O2. The van der Waals surface area contributed by atoms with E-state index in [2.05, 4.69) is 20.4 Å². The van der Waals surface area contributed by atoms with E-state index in [1.807, 2.05) is 28.8 Å². The molecule has 1 aromatic heterocycles. The Hall–Kier alpha value is -3.97. The fourth-order valence-corrected chi connectivity index (χ4v) is 5.36. The van der Waals surface area contributed by atoms with Crippen molar-refractivity contribution in [2.24, 2.45) is 0 Å². The number of fused-ring (bicyclic) bond motifs is 1. The SMILES string of the molecule is C=CC(=O)N1CCn2c(nc(-c3ccccc3C(C)C)c2-c2cc(F)c(-c3c(O)cccc3F)c(Cl)c2)C1. The van der Waals surface area contributed by atoms with E-state index in [1.165, 1.54) is 24.3 Å². The lowest BCUT2D eigenvalue weighted by Gasteiger charge is -2.27. The number of hydrogen-bond acceptors (Lipinski definition) is 3. The predicted molar refractivity (Wildman–Crippen MR) is 145 cm³/mol. The van der Waals surface area contributed by atoms with Gasteiger partial charge in [0.15, 0.2) is 0 Å². The summed E-state index contributed by atoms with van der Waals surface area (Å²) in [5.74, 6) is -1.29. The van der Waals surface area contributed by atoms with E-state index in [1.54, 1.807) is 11.0 Å². The average Bonchev–Trinajstić information content (AvgIpc) is 3.28. The first kappa shape index (κ1) is 25.7. The van der Waals surface area contributed by atoms with Gasteiger partial charge >= 0.3 is 0 Å². The Morgan fingerprint density at radius 3 is 2.53 bits per heavy atom. The monoisotopic (exact) mass is 533 g/mol. The Morgan fingerprint density at radius 1 is 1.08 bits per heavy atom. The van der Waals surface area contributed by atoms with Crippen molar-refractivity contribution in [3.63, 3.8) is 0 Å². The standard InChI is InChI=1S/C30H26ClF2N3O2/c1-4-26(38)35-12-13-36-25(16-35)34-29(20-9-6-5-8-19(20)17(2)3)30(36)18-14-21(31)27(23(33)15-18)28-22(32)10-7-11-24(28)37/h4-11,14-15,17,37H,1,12-13,16H2,2-3H3. The summed E-state index contributed by atoms with van der Waals surface area (Å²) in [7, 11) is 0. The Morgan fingerprint density at radius 2 is 1.84 bits per heavy atom. The van der Waals surface area contributed by atoms with Crippen LogP contribution in [0, 0.1) is 11.6 Å². The molecule has 0 saturated heterocycles. The van der Waals surface area contributed by atoms with Crippen molar-refractivity contribution in [3.05, 3.63) is 95.3 Å². The van der Waals surface area contributed by atoms with Crippen molar-refractivity contribution in [3.8, 4) is 39.4 Å². The highest BCUT2D eigenvalue weighted by atomic mass is 35.5. The number of phenolic OH excluding ortho intramolecular Hbond substituents is 1. The maximum absolute atomic E-state index is 15.7. The molecular weight excluding hydrogens is 508 g/mol. The minimum atomic E-state index is -0.779. The van der Waals surface area contributed by atoms with Crippen LogP contribution in [0.5, 0.6) is 5.75 Å². The summed E-state index contributed by atoms with van der Waals surface area (Å²) in [6.45, 7) is 8.92. The summed E-state index contributed by atoms with van der Waals surface area (Å²) < 4.78 is 32.3. The number of benzene rings is 3. The molecule has 0 atom stereocenters. The molecule has 0 saturated carbocycles. The minimum absolute atomic E-state index is 0.0432. The molecule has 3 aromatic carbocycles. The van der Waals surface area contributed by atoms with Crippen LogP contribution in [0.1, 0.15) is 31.2 Å². The molecule has 0 fully saturated rings. The Bertz CT molecular complexity index is 1530. The summed E-state index contributed by atoms with van der Waals surface area (Å²) in [5, 5.41) is 10.2. The topological polar surface area (TPSA) is 58.4 Å². The molecule has 4 aromatic rings. The van der Waals surface area contributed by atoms with Crippen LogP contribution in [0.4, 0.5) is 8.78 Å². The van der Waals surface area contributed by atoms with Crippen molar-refractivity contribution in [1.82, 2.24) is 14.5 Å². The van der Waals surface area contributed by atoms with Gasteiger partial charge in [0.25, 0.3) is 0 Å². The Labute approximate surface area is 224 Å². The van der Waals surface area contributed by atoms with Crippen molar-refractivity contribution in [1.29, 1.82) is 0 Å². The zero-order chi connectivity index (χ0) is 27.1. The molecule has 0 radical (unpaired) electrons. The smallest absolute Gasteiger partial charge is 0.246 e. The van der Waals surface area contributed by atoms with E-state index in [9.17, 15) is 14.3 Å². The summed E-state index contributed by atoms with van der Waals surface area (Å²) >= 11 is 6.57. The summed E-state index contributed by atoms with van der Waals surface area (Å²) in [5.41, 5.74) is 3.23. The predicted octanol–water partition coefficient (Wildman–Crippen LogP) is 7.17. The van der Waals surface area contributed by atoms with Crippen LogP contribution in [-0.2, 0) is 17.9 Å². The lowest BCUT2D eigenvalue weighted by Crippen LogP contribution is -2.37. The van der Waals surface area contributed by atoms with Gasteiger partial charge < -0.3 is 14.6 Å². The Kier molecular flexibility index (Phi) is 6.80. The van der Waals surface area contributed by atoms with Gasteiger partial charge in [-0.15, -0.1) is 0 Å². The highest BCUT2D eigenvalue weighted by Gasteiger charge is 2.29. The zero-order valence-corrected chi connectivity index (χ0v) is 21.8. The number of phenols is 1. The number of rotatable bonds is 5.